The second-order valence-electron chi connectivity index (χ2n) is 6.53. The summed E-state index contributed by atoms with van der Waals surface area (Å²) in [5.74, 6) is 0.290. The van der Waals surface area contributed by atoms with Gasteiger partial charge in [-0.2, -0.15) is 14.0 Å². The van der Waals surface area contributed by atoms with Gasteiger partial charge in [0.15, 0.2) is 0 Å². The van der Waals surface area contributed by atoms with E-state index in [1.165, 1.54) is 12.1 Å². The number of hydrogen-bond donors (Lipinski definition) is 1. The lowest BCUT2D eigenvalue weighted by atomic mass is 9.97. The smallest absolute Gasteiger partial charge is 0.387 e. The molecule has 0 radical (unpaired) electrons. The fraction of sp³-hybridized carbons (Fsp3) is 0.211. The molecule has 0 saturated carbocycles. The minimum atomic E-state index is -3.00. The summed E-state index contributed by atoms with van der Waals surface area (Å²) in [4.78, 5) is 17.2. The van der Waals surface area contributed by atoms with E-state index in [-0.39, 0.29) is 17.7 Å². The Kier molecular flexibility index (Phi) is 3.22. The van der Waals surface area contributed by atoms with Gasteiger partial charge in [0.05, 0.1) is 34.7 Å². The normalized spacial score (nSPS) is 20.0. The maximum atomic E-state index is 12.9. The molecule has 2 aliphatic rings. The number of ether oxygens (including phenoxy) is 1. The van der Waals surface area contributed by atoms with Gasteiger partial charge in [0.2, 0.25) is 0 Å². The number of nitrogens with zero attached hydrogens (tertiary/aromatic N) is 3. The lowest BCUT2D eigenvalue weighted by molar-refractivity contribution is -0.0507. The molecule has 5 rings (SSSR count). The number of amides is 1. The van der Waals surface area contributed by atoms with Gasteiger partial charge in [0, 0.05) is 11.1 Å². The van der Waals surface area contributed by atoms with E-state index < -0.39 is 12.7 Å². The second-order valence-corrected chi connectivity index (χ2v) is 6.53. The average Bonchev–Trinajstić information content (AvgIpc) is 3.13. The molecule has 134 valence electrons. The van der Waals surface area contributed by atoms with Crippen molar-refractivity contribution in [3.8, 4) is 11.8 Å². The van der Waals surface area contributed by atoms with Crippen LogP contribution in [0.2, 0.25) is 0 Å². The first kappa shape index (κ1) is 15.8. The highest BCUT2D eigenvalue weighted by Gasteiger charge is 2.42. The molecule has 1 amide bonds. The predicted molar refractivity (Wildman–Crippen MR) is 90.5 cm³/mol. The third-order valence-electron chi connectivity index (χ3n) is 5.09. The SMILES string of the molecule is N#Cc1ccc2nc3n(c2c1)[C@@H]1C[C@H]3NC(=O)c2cccc(OC(F)F)c21. The van der Waals surface area contributed by atoms with E-state index >= 15 is 0 Å². The Morgan fingerprint density at radius 3 is 2.96 bits per heavy atom. The van der Waals surface area contributed by atoms with Gasteiger partial charge in [0.1, 0.15) is 11.6 Å². The minimum Gasteiger partial charge on any atom is -0.434 e. The highest BCUT2D eigenvalue weighted by Crippen LogP contribution is 2.47. The molecule has 0 spiro atoms. The van der Waals surface area contributed by atoms with Crippen molar-refractivity contribution in [2.45, 2.75) is 25.1 Å². The van der Waals surface area contributed by atoms with Gasteiger partial charge in [-0.1, -0.05) is 6.07 Å². The molecule has 8 heteroatoms. The number of carbonyl (C=O) groups is 1. The zero-order chi connectivity index (χ0) is 18.7. The summed E-state index contributed by atoms with van der Waals surface area (Å²) in [5.41, 5.74) is 2.61. The largest absolute Gasteiger partial charge is 0.434 e. The van der Waals surface area contributed by atoms with Crippen LogP contribution < -0.4 is 10.1 Å². The fourth-order valence-corrected chi connectivity index (χ4v) is 4.08. The molecule has 1 aromatic heterocycles. The van der Waals surface area contributed by atoms with Crippen LogP contribution in [0.4, 0.5) is 8.78 Å². The van der Waals surface area contributed by atoms with Gasteiger partial charge in [0.25, 0.3) is 5.91 Å². The van der Waals surface area contributed by atoms with Crippen LogP contribution in [0.3, 0.4) is 0 Å². The third-order valence-corrected chi connectivity index (χ3v) is 5.09. The molecule has 2 aliphatic heterocycles. The number of nitrogens with one attached hydrogen (secondary N) is 1. The Balaban J connectivity index is 1.79. The molecule has 0 unspecified atom stereocenters. The molecule has 0 fully saturated rings. The summed E-state index contributed by atoms with van der Waals surface area (Å²) in [7, 11) is 0. The van der Waals surface area contributed by atoms with Crippen LogP contribution in [0.1, 0.15) is 45.8 Å². The number of aromatic nitrogens is 2. The summed E-state index contributed by atoms with van der Waals surface area (Å²) in [6.07, 6.45) is 0.484. The van der Waals surface area contributed by atoms with Gasteiger partial charge >= 0.3 is 6.61 Å². The standard InChI is InChI=1S/C19H12F2N4O2/c20-19(21)27-15-3-1-2-10-16(15)14-7-12(24-18(10)26)17-23-11-5-4-9(8-22)6-13(11)25(14)17/h1-6,12,14,19H,7H2,(H,24,26)/t12-,14-/m1/s1. The summed E-state index contributed by atoms with van der Waals surface area (Å²) in [5, 5.41) is 12.1. The molecule has 2 bridgehead atoms. The van der Waals surface area contributed by atoms with Crippen LogP contribution in [0.5, 0.6) is 5.75 Å². The topological polar surface area (TPSA) is 79.9 Å². The van der Waals surface area contributed by atoms with Crippen molar-refractivity contribution in [1.29, 1.82) is 5.26 Å². The molecule has 3 heterocycles. The van der Waals surface area contributed by atoms with Gasteiger partial charge in [-0.3, -0.25) is 4.79 Å². The summed E-state index contributed by atoms with van der Waals surface area (Å²) < 4.78 is 32.5. The molecule has 27 heavy (non-hydrogen) atoms. The lowest BCUT2D eigenvalue weighted by Crippen LogP contribution is -2.28. The average molecular weight is 366 g/mol. The number of fused-ring (bicyclic) bond motifs is 9. The Morgan fingerprint density at radius 1 is 1.33 bits per heavy atom. The van der Waals surface area contributed by atoms with Crippen molar-refractivity contribution in [2.24, 2.45) is 0 Å². The minimum absolute atomic E-state index is 0.0190. The number of hydrogen-bond acceptors (Lipinski definition) is 4. The Morgan fingerprint density at radius 2 is 2.19 bits per heavy atom. The van der Waals surface area contributed by atoms with Gasteiger partial charge < -0.3 is 14.6 Å². The van der Waals surface area contributed by atoms with Gasteiger partial charge in [-0.15, -0.1) is 0 Å². The molecule has 1 N–H and O–H groups in total. The van der Waals surface area contributed by atoms with Gasteiger partial charge in [-0.25, -0.2) is 4.98 Å². The molecular formula is C19H12F2N4O2. The second kappa shape index (κ2) is 5.51. The number of alkyl halides is 2. The van der Waals surface area contributed by atoms with Crippen molar-refractivity contribution >= 4 is 16.9 Å². The van der Waals surface area contributed by atoms with E-state index in [9.17, 15) is 18.8 Å². The fourth-order valence-electron chi connectivity index (χ4n) is 4.08. The highest BCUT2D eigenvalue weighted by molar-refractivity contribution is 5.98. The van der Waals surface area contributed by atoms with Crippen molar-refractivity contribution in [2.75, 3.05) is 0 Å². The maximum absolute atomic E-state index is 12.9. The lowest BCUT2D eigenvalue weighted by Gasteiger charge is -2.21. The first-order valence-corrected chi connectivity index (χ1v) is 8.37. The van der Waals surface area contributed by atoms with Crippen LogP contribution >= 0.6 is 0 Å². The van der Waals surface area contributed by atoms with Crippen molar-refractivity contribution in [3.05, 3.63) is 58.9 Å². The molecule has 2 aromatic carbocycles. The molecular weight excluding hydrogens is 354 g/mol. The van der Waals surface area contributed by atoms with Crippen molar-refractivity contribution < 1.29 is 18.3 Å². The van der Waals surface area contributed by atoms with E-state index in [0.29, 0.717) is 34.5 Å². The molecule has 6 nitrogen and oxygen atoms in total. The van der Waals surface area contributed by atoms with Crippen LogP contribution in [-0.2, 0) is 0 Å². The van der Waals surface area contributed by atoms with Crippen LogP contribution in [0, 0.1) is 11.3 Å². The first-order valence-electron chi connectivity index (χ1n) is 8.37. The van der Waals surface area contributed by atoms with E-state index in [1.807, 2.05) is 4.57 Å². The molecule has 2 atom stereocenters. The summed E-state index contributed by atoms with van der Waals surface area (Å²) >= 11 is 0. The molecule has 0 saturated heterocycles. The van der Waals surface area contributed by atoms with E-state index in [4.69, 9.17) is 4.74 Å². The Hall–Kier alpha value is -3.47. The van der Waals surface area contributed by atoms with Crippen LogP contribution in [-0.4, -0.2) is 22.1 Å². The van der Waals surface area contributed by atoms with E-state index in [0.717, 1.165) is 5.52 Å². The first-order chi connectivity index (χ1) is 13.1. The monoisotopic (exact) mass is 366 g/mol. The Labute approximate surface area is 152 Å². The number of imidazole rings is 1. The highest BCUT2D eigenvalue weighted by atomic mass is 19.3. The third kappa shape index (κ3) is 2.21. The molecule has 3 aromatic rings. The zero-order valence-electron chi connectivity index (χ0n) is 13.8. The van der Waals surface area contributed by atoms with Crippen LogP contribution in [0.25, 0.3) is 11.0 Å². The summed E-state index contributed by atoms with van der Waals surface area (Å²) in [6, 6.07) is 11.1. The van der Waals surface area contributed by atoms with Crippen LogP contribution in [0.15, 0.2) is 36.4 Å². The summed E-state index contributed by atoms with van der Waals surface area (Å²) in [6.45, 7) is -3.00. The number of halogens is 2. The van der Waals surface area contributed by atoms with E-state index in [2.05, 4.69) is 16.4 Å². The number of carbonyl (C=O) groups excluding carboxylic acids is 1. The number of nitriles is 1. The van der Waals surface area contributed by atoms with E-state index in [1.54, 1.807) is 24.3 Å². The number of rotatable bonds is 2. The Bertz CT molecular complexity index is 1150. The van der Waals surface area contributed by atoms with Crippen molar-refractivity contribution in [1.82, 2.24) is 14.9 Å². The predicted octanol–water partition coefficient (Wildman–Crippen LogP) is 3.29. The maximum Gasteiger partial charge on any atom is 0.387 e. The molecule has 0 aliphatic carbocycles. The van der Waals surface area contributed by atoms with Crippen molar-refractivity contribution in [3.63, 3.8) is 0 Å². The van der Waals surface area contributed by atoms with Gasteiger partial charge in [-0.05, 0) is 36.8 Å². The zero-order valence-corrected chi connectivity index (χ0v) is 13.8. The quantitative estimate of drug-likeness (QED) is 0.755. The number of benzene rings is 2.